The quantitative estimate of drug-likeness (QED) is 0.221. The van der Waals surface area contributed by atoms with Crippen molar-refractivity contribution >= 4 is 0 Å². The zero-order valence-electron chi connectivity index (χ0n) is 21.4. The van der Waals surface area contributed by atoms with Gasteiger partial charge in [-0.05, 0) is 12.5 Å². The standard InChI is InChI=1S/C24H42N12/c1-19-33-35-22(36-34-19)21-4-2-20(3-5-21)12-32-24-16-29-9-6-26-13-23(25,14-27-7-10-30-17-24)15-28-8-11-31-18-24/h2-5,26-32H,6-18,25H2,1H3. The number of nitrogens with one attached hydrogen (secondary N) is 7. The fourth-order valence-corrected chi connectivity index (χ4v) is 4.54. The van der Waals surface area contributed by atoms with E-state index >= 15 is 0 Å². The summed E-state index contributed by atoms with van der Waals surface area (Å²) in [4.78, 5) is 0. The van der Waals surface area contributed by atoms with Crippen molar-refractivity contribution in [1.82, 2.24) is 57.6 Å². The van der Waals surface area contributed by atoms with Crippen LogP contribution in [0.15, 0.2) is 24.3 Å². The van der Waals surface area contributed by atoms with E-state index in [0.29, 0.717) is 11.6 Å². The van der Waals surface area contributed by atoms with Crippen molar-refractivity contribution in [2.24, 2.45) is 5.73 Å². The maximum Gasteiger partial charge on any atom is 0.203 e. The molecule has 2 aromatic rings. The number of benzene rings is 1. The number of nitrogens with two attached hydrogens (primary N) is 1. The third-order valence-corrected chi connectivity index (χ3v) is 6.72. The third kappa shape index (κ3) is 8.18. The normalized spacial score (nSPS) is 27.3. The predicted molar refractivity (Wildman–Crippen MR) is 142 cm³/mol. The van der Waals surface area contributed by atoms with Gasteiger partial charge in [0.1, 0.15) is 0 Å². The molecule has 1 aromatic heterocycles. The van der Waals surface area contributed by atoms with Crippen LogP contribution in [0.3, 0.4) is 0 Å². The van der Waals surface area contributed by atoms with E-state index in [9.17, 15) is 0 Å². The highest BCUT2D eigenvalue weighted by atomic mass is 15.3. The van der Waals surface area contributed by atoms with E-state index < -0.39 is 0 Å². The number of nitrogens with zero attached hydrogens (tertiary/aromatic N) is 4. The van der Waals surface area contributed by atoms with Crippen LogP contribution in [-0.2, 0) is 6.54 Å². The molecule has 0 spiro atoms. The van der Waals surface area contributed by atoms with Crippen molar-refractivity contribution in [3.05, 3.63) is 35.7 Å². The van der Waals surface area contributed by atoms with E-state index in [1.165, 1.54) is 5.56 Å². The largest absolute Gasteiger partial charge is 0.322 e. The van der Waals surface area contributed by atoms with Gasteiger partial charge in [0.15, 0.2) is 5.82 Å². The molecule has 0 radical (unpaired) electrons. The van der Waals surface area contributed by atoms with Crippen molar-refractivity contribution in [2.75, 3.05) is 78.5 Å². The van der Waals surface area contributed by atoms with Crippen LogP contribution in [0, 0.1) is 6.92 Å². The van der Waals surface area contributed by atoms with Gasteiger partial charge in [-0.25, -0.2) is 0 Å². The first-order chi connectivity index (χ1) is 17.6. The molecule has 3 fully saturated rings. The zero-order valence-corrected chi connectivity index (χ0v) is 21.4. The van der Waals surface area contributed by atoms with E-state index in [-0.39, 0.29) is 11.1 Å². The molecular formula is C24H42N12. The van der Waals surface area contributed by atoms with Gasteiger partial charge in [0.2, 0.25) is 5.82 Å². The van der Waals surface area contributed by atoms with Gasteiger partial charge in [0, 0.05) is 90.6 Å². The molecular weight excluding hydrogens is 456 g/mol. The second-order valence-electron chi connectivity index (χ2n) is 10.0. The molecule has 3 saturated heterocycles. The molecule has 3 aliphatic rings. The second-order valence-corrected chi connectivity index (χ2v) is 10.0. The highest BCUT2D eigenvalue weighted by Gasteiger charge is 2.30. The lowest BCUT2D eigenvalue weighted by molar-refractivity contribution is 0.269. The van der Waals surface area contributed by atoms with E-state index in [1.54, 1.807) is 6.92 Å². The first-order valence-corrected chi connectivity index (χ1v) is 13.0. The van der Waals surface area contributed by atoms with Crippen LogP contribution < -0.4 is 43.0 Å². The van der Waals surface area contributed by atoms with Gasteiger partial charge in [-0.1, -0.05) is 24.3 Å². The number of aryl methyl sites for hydroxylation is 1. The Bertz CT molecular complexity index is 861. The van der Waals surface area contributed by atoms with E-state index in [2.05, 4.69) is 69.7 Å². The molecule has 198 valence electrons. The lowest BCUT2D eigenvalue weighted by Crippen LogP contribution is -2.66. The van der Waals surface area contributed by atoms with Gasteiger partial charge < -0.3 is 43.0 Å². The van der Waals surface area contributed by atoms with Gasteiger partial charge in [-0.2, -0.15) is 0 Å². The summed E-state index contributed by atoms with van der Waals surface area (Å²) in [6.07, 6.45) is 0. The number of fused-ring (bicyclic) bond motifs is 15. The molecule has 12 nitrogen and oxygen atoms in total. The lowest BCUT2D eigenvalue weighted by Gasteiger charge is -2.37. The molecule has 0 aliphatic carbocycles. The van der Waals surface area contributed by atoms with Crippen molar-refractivity contribution < 1.29 is 0 Å². The Morgan fingerprint density at radius 2 is 1.14 bits per heavy atom. The molecule has 1 aromatic carbocycles. The molecule has 4 heterocycles. The Balaban J connectivity index is 1.43. The minimum Gasteiger partial charge on any atom is -0.322 e. The number of hydrogen-bond acceptors (Lipinski definition) is 12. The van der Waals surface area contributed by atoms with Crippen molar-refractivity contribution in [3.8, 4) is 11.4 Å². The minimum atomic E-state index is -0.312. The fourth-order valence-electron chi connectivity index (χ4n) is 4.54. The highest BCUT2D eigenvalue weighted by molar-refractivity contribution is 5.54. The van der Waals surface area contributed by atoms with Crippen LogP contribution in [0.1, 0.15) is 11.4 Å². The summed E-state index contributed by atoms with van der Waals surface area (Å²) in [6, 6.07) is 8.27. The van der Waals surface area contributed by atoms with Crippen molar-refractivity contribution in [1.29, 1.82) is 0 Å². The van der Waals surface area contributed by atoms with Gasteiger partial charge in [-0.15, -0.1) is 20.4 Å². The summed E-state index contributed by atoms with van der Waals surface area (Å²) in [5, 5.41) is 41.8. The molecule has 5 rings (SSSR count). The summed E-state index contributed by atoms with van der Waals surface area (Å²) in [6.45, 7) is 12.7. The van der Waals surface area contributed by atoms with Crippen LogP contribution in [0.4, 0.5) is 0 Å². The molecule has 36 heavy (non-hydrogen) atoms. The molecule has 0 amide bonds. The highest BCUT2D eigenvalue weighted by Crippen LogP contribution is 2.15. The first kappa shape index (κ1) is 26.9. The average molecular weight is 499 g/mol. The summed E-state index contributed by atoms with van der Waals surface area (Å²) >= 11 is 0. The Hall–Kier alpha value is -2.16. The molecule has 9 N–H and O–H groups in total. The summed E-state index contributed by atoms with van der Waals surface area (Å²) in [7, 11) is 0. The smallest absolute Gasteiger partial charge is 0.203 e. The number of hydrogen-bond donors (Lipinski definition) is 8. The lowest BCUT2D eigenvalue weighted by atomic mass is 9.97. The predicted octanol–water partition coefficient (Wildman–Crippen LogP) is -2.67. The van der Waals surface area contributed by atoms with Gasteiger partial charge in [0.05, 0.1) is 11.1 Å². The molecule has 3 aliphatic heterocycles. The summed E-state index contributed by atoms with van der Waals surface area (Å²) < 4.78 is 0. The topological polar surface area (TPSA) is 162 Å². The molecule has 0 unspecified atom stereocenters. The Morgan fingerprint density at radius 3 is 1.61 bits per heavy atom. The van der Waals surface area contributed by atoms with Crippen LogP contribution in [0.2, 0.25) is 0 Å². The minimum absolute atomic E-state index is 0.154. The second kappa shape index (κ2) is 13.4. The zero-order chi connectivity index (χ0) is 25.1. The van der Waals surface area contributed by atoms with Crippen LogP contribution in [0.25, 0.3) is 11.4 Å². The van der Waals surface area contributed by atoms with Crippen LogP contribution in [-0.4, -0.2) is 110 Å². The Kier molecular flexibility index (Phi) is 10.0. The van der Waals surface area contributed by atoms with E-state index in [0.717, 1.165) is 90.6 Å². The van der Waals surface area contributed by atoms with E-state index in [4.69, 9.17) is 5.73 Å². The van der Waals surface area contributed by atoms with Crippen molar-refractivity contribution in [3.63, 3.8) is 0 Å². The number of rotatable bonds is 4. The monoisotopic (exact) mass is 498 g/mol. The average Bonchev–Trinajstić information content (AvgIpc) is 2.89. The maximum atomic E-state index is 6.69. The summed E-state index contributed by atoms with van der Waals surface area (Å²) in [5.41, 5.74) is 8.33. The van der Waals surface area contributed by atoms with Gasteiger partial charge in [0.25, 0.3) is 0 Å². The van der Waals surface area contributed by atoms with Crippen molar-refractivity contribution in [2.45, 2.75) is 24.5 Å². The van der Waals surface area contributed by atoms with Gasteiger partial charge in [-0.3, -0.25) is 0 Å². The fraction of sp³-hybridized carbons (Fsp3) is 0.667. The Labute approximate surface area is 213 Å². The van der Waals surface area contributed by atoms with Gasteiger partial charge >= 0.3 is 0 Å². The first-order valence-electron chi connectivity index (χ1n) is 13.0. The van der Waals surface area contributed by atoms with Crippen LogP contribution in [0.5, 0.6) is 0 Å². The van der Waals surface area contributed by atoms with Crippen LogP contribution >= 0.6 is 0 Å². The Morgan fingerprint density at radius 1 is 0.694 bits per heavy atom. The maximum absolute atomic E-state index is 6.69. The SMILES string of the molecule is Cc1nnc(-c2ccc(CNC34CNCCNCC(N)(CNCCNC3)CNCCNC4)cc2)nn1. The molecule has 2 bridgehead atoms. The van der Waals surface area contributed by atoms with E-state index in [1.807, 2.05) is 12.1 Å². The number of aromatic nitrogens is 4. The summed E-state index contributed by atoms with van der Waals surface area (Å²) in [5.74, 6) is 1.10. The third-order valence-electron chi connectivity index (χ3n) is 6.72. The molecule has 0 atom stereocenters. The molecule has 0 saturated carbocycles. The molecule has 12 heteroatoms.